The number of carbonyl (C=O) groups excluding carboxylic acids is 2. The summed E-state index contributed by atoms with van der Waals surface area (Å²) in [5, 5.41) is 2.37. The van der Waals surface area contributed by atoms with Crippen molar-refractivity contribution in [3.8, 4) is 0 Å². The SMILES string of the molecule is [C-]#[N+]c1ccc(NC(=O)C2(C)CC(C=O)NN2)cc1C(F)(F)F. The second-order valence-electron chi connectivity index (χ2n) is 5.34. The van der Waals surface area contributed by atoms with Crippen molar-refractivity contribution in [2.24, 2.45) is 0 Å². The summed E-state index contributed by atoms with van der Waals surface area (Å²) >= 11 is 0. The minimum Gasteiger partial charge on any atom is -0.325 e. The number of hydrogen-bond acceptors (Lipinski definition) is 4. The van der Waals surface area contributed by atoms with E-state index in [4.69, 9.17) is 6.57 Å². The Hall–Kier alpha value is -2.44. The second-order valence-corrected chi connectivity index (χ2v) is 5.34. The van der Waals surface area contributed by atoms with Gasteiger partial charge in [-0.25, -0.2) is 15.7 Å². The summed E-state index contributed by atoms with van der Waals surface area (Å²) in [6.45, 7) is 8.30. The number of rotatable bonds is 3. The molecule has 3 N–H and O–H groups in total. The van der Waals surface area contributed by atoms with E-state index in [1.165, 1.54) is 13.0 Å². The molecule has 23 heavy (non-hydrogen) atoms. The topological polar surface area (TPSA) is 74.6 Å². The number of nitrogens with one attached hydrogen (secondary N) is 3. The van der Waals surface area contributed by atoms with Crippen molar-refractivity contribution < 1.29 is 22.8 Å². The quantitative estimate of drug-likeness (QED) is 0.587. The van der Waals surface area contributed by atoms with Crippen LogP contribution in [0.3, 0.4) is 0 Å². The number of amides is 1. The van der Waals surface area contributed by atoms with E-state index in [-0.39, 0.29) is 12.1 Å². The van der Waals surface area contributed by atoms with Gasteiger partial charge in [0, 0.05) is 5.69 Å². The molecule has 1 saturated heterocycles. The van der Waals surface area contributed by atoms with Gasteiger partial charge < -0.3 is 10.1 Å². The lowest BCUT2D eigenvalue weighted by molar-refractivity contribution is -0.136. The Morgan fingerprint density at radius 2 is 2.22 bits per heavy atom. The zero-order valence-corrected chi connectivity index (χ0v) is 12.0. The molecule has 2 unspecified atom stereocenters. The van der Waals surface area contributed by atoms with Crippen LogP contribution in [0.5, 0.6) is 0 Å². The Labute approximate surface area is 129 Å². The smallest absolute Gasteiger partial charge is 0.325 e. The van der Waals surface area contributed by atoms with Crippen LogP contribution < -0.4 is 16.2 Å². The van der Waals surface area contributed by atoms with Crippen LogP contribution in [0.1, 0.15) is 18.9 Å². The van der Waals surface area contributed by atoms with Crippen molar-refractivity contribution in [3.63, 3.8) is 0 Å². The van der Waals surface area contributed by atoms with Crippen molar-refractivity contribution in [1.29, 1.82) is 0 Å². The van der Waals surface area contributed by atoms with Gasteiger partial charge in [-0.15, -0.1) is 0 Å². The molecule has 0 aromatic heterocycles. The van der Waals surface area contributed by atoms with Crippen molar-refractivity contribution in [3.05, 3.63) is 35.2 Å². The van der Waals surface area contributed by atoms with E-state index in [9.17, 15) is 22.8 Å². The number of alkyl halides is 3. The van der Waals surface area contributed by atoms with Crippen LogP contribution in [-0.2, 0) is 15.8 Å². The van der Waals surface area contributed by atoms with Crippen LogP contribution in [-0.4, -0.2) is 23.8 Å². The highest BCUT2D eigenvalue weighted by atomic mass is 19.4. The molecule has 1 aromatic carbocycles. The molecule has 0 radical (unpaired) electrons. The normalized spacial score (nSPS) is 24.0. The van der Waals surface area contributed by atoms with E-state index in [2.05, 4.69) is 21.0 Å². The molecule has 0 spiro atoms. The standard InChI is InChI=1S/C14H13F3N4O2/c1-13(6-9(7-22)20-21-13)12(23)19-8-3-4-11(18-2)10(5-8)14(15,16)17/h3-5,7,9,20-21H,6H2,1H3,(H,19,23). The number of anilines is 1. The summed E-state index contributed by atoms with van der Waals surface area (Å²) in [5.41, 5.74) is 2.41. The maximum absolute atomic E-state index is 12.9. The monoisotopic (exact) mass is 326 g/mol. The number of hydrazine groups is 1. The summed E-state index contributed by atoms with van der Waals surface area (Å²) in [7, 11) is 0. The highest BCUT2D eigenvalue weighted by molar-refractivity contribution is 5.98. The van der Waals surface area contributed by atoms with Crippen LogP contribution in [0.2, 0.25) is 0 Å². The number of nitrogens with zero attached hydrogens (tertiary/aromatic N) is 1. The van der Waals surface area contributed by atoms with Gasteiger partial charge in [-0.05, 0) is 25.5 Å². The maximum Gasteiger partial charge on any atom is 0.407 e. The molecular formula is C14H13F3N4O2. The van der Waals surface area contributed by atoms with E-state index < -0.39 is 34.9 Å². The van der Waals surface area contributed by atoms with Crippen molar-refractivity contribution in [2.75, 3.05) is 5.32 Å². The van der Waals surface area contributed by atoms with Gasteiger partial charge in [0.25, 0.3) is 0 Å². The molecule has 2 atom stereocenters. The summed E-state index contributed by atoms with van der Waals surface area (Å²) in [4.78, 5) is 25.8. The van der Waals surface area contributed by atoms with Crippen LogP contribution >= 0.6 is 0 Å². The fraction of sp³-hybridized carbons (Fsp3) is 0.357. The minimum absolute atomic E-state index is 0.0766. The van der Waals surface area contributed by atoms with Gasteiger partial charge in [0.2, 0.25) is 5.91 Å². The number of hydrogen-bond donors (Lipinski definition) is 3. The molecule has 2 rings (SSSR count). The summed E-state index contributed by atoms with van der Waals surface area (Å²) < 4.78 is 38.7. The molecule has 1 amide bonds. The average molecular weight is 326 g/mol. The zero-order valence-electron chi connectivity index (χ0n) is 12.0. The fourth-order valence-electron chi connectivity index (χ4n) is 2.23. The van der Waals surface area contributed by atoms with Gasteiger partial charge in [-0.1, -0.05) is 6.07 Å². The highest BCUT2D eigenvalue weighted by Crippen LogP contribution is 2.38. The molecule has 1 fully saturated rings. The summed E-state index contributed by atoms with van der Waals surface area (Å²) in [6, 6.07) is 2.39. The first kappa shape index (κ1) is 16.9. The van der Waals surface area contributed by atoms with Crippen LogP contribution in [0.4, 0.5) is 24.5 Å². The van der Waals surface area contributed by atoms with Gasteiger partial charge in [-0.2, -0.15) is 13.2 Å². The molecule has 1 aliphatic heterocycles. The van der Waals surface area contributed by atoms with Gasteiger partial charge in [0.15, 0.2) is 5.69 Å². The van der Waals surface area contributed by atoms with Crippen LogP contribution in [0.25, 0.3) is 4.85 Å². The second kappa shape index (κ2) is 5.98. The minimum atomic E-state index is -4.69. The molecule has 1 aromatic rings. The molecule has 0 saturated carbocycles. The molecule has 0 bridgehead atoms. The van der Waals surface area contributed by atoms with Crippen LogP contribution in [0, 0.1) is 6.57 Å². The maximum atomic E-state index is 12.9. The molecule has 0 aliphatic carbocycles. The molecule has 1 heterocycles. The van der Waals surface area contributed by atoms with Crippen LogP contribution in [0.15, 0.2) is 18.2 Å². The van der Waals surface area contributed by atoms with E-state index in [0.717, 1.165) is 6.07 Å². The molecule has 6 nitrogen and oxygen atoms in total. The number of halogens is 3. The third-order valence-electron chi connectivity index (χ3n) is 3.51. The Morgan fingerprint density at radius 1 is 1.52 bits per heavy atom. The lowest BCUT2D eigenvalue weighted by Gasteiger charge is -2.22. The van der Waals surface area contributed by atoms with E-state index in [0.29, 0.717) is 12.4 Å². The lowest BCUT2D eigenvalue weighted by Crippen LogP contribution is -2.50. The molecule has 1 aliphatic rings. The molecule has 122 valence electrons. The zero-order chi connectivity index (χ0) is 17.3. The van der Waals surface area contributed by atoms with Gasteiger partial charge in [0.1, 0.15) is 11.8 Å². The van der Waals surface area contributed by atoms with Crippen molar-refractivity contribution in [1.82, 2.24) is 10.9 Å². The first-order valence-electron chi connectivity index (χ1n) is 6.58. The summed E-state index contributed by atoms with van der Waals surface area (Å²) in [5.74, 6) is -0.585. The third kappa shape index (κ3) is 3.49. The van der Waals surface area contributed by atoms with E-state index >= 15 is 0 Å². The van der Waals surface area contributed by atoms with Gasteiger partial charge >= 0.3 is 6.18 Å². The largest absolute Gasteiger partial charge is 0.407 e. The lowest BCUT2D eigenvalue weighted by atomic mass is 9.95. The third-order valence-corrected chi connectivity index (χ3v) is 3.51. The number of aldehydes is 1. The Morgan fingerprint density at radius 3 is 2.74 bits per heavy atom. The molecular weight excluding hydrogens is 313 g/mol. The molecule has 9 heteroatoms. The number of benzene rings is 1. The Bertz CT molecular complexity index is 684. The predicted molar refractivity (Wildman–Crippen MR) is 75.5 cm³/mol. The Balaban J connectivity index is 2.23. The highest BCUT2D eigenvalue weighted by Gasteiger charge is 2.41. The number of carbonyl (C=O) groups is 2. The van der Waals surface area contributed by atoms with Gasteiger partial charge in [-0.3, -0.25) is 4.79 Å². The fourth-order valence-corrected chi connectivity index (χ4v) is 2.23. The van der Waals surface area contributed by atoms with Crippen molar-refractivity contribution >= 4 is 23.6 Å². The van der Waals surface area contributed by atoms with Gasteiger partial charge in [0.05, 0.1) is 18.2 Å². The first-order valence-corrected chi connectivity index (χ1v) is 6.58. The predicted octanol–water partition coefficient (Wildman–Crippen LogP) is 2.02. The average Bonchev–Trinajstić information content (AvgIpc) is 2.89. The first-order chi connectivity index (χ1) is 10.7. The van der Waals surface area contributed by atoms with E-state index in [1.807, 2.05) is 0 Å². The Kier molecular flexibility index (Phi) is 4.40. The van der Waals surface area contributed by atoms with Crippen molar-refractivity contribution in [2.45, 2.75) is 31.1 Å². The van der Waals surface area contributed by atoms with E-state index in [1.54, 1.807) is 0 Å². The summed E-state index contributed by atoms with van der Waals surface area (Å²) in [6.07, 6.45) is -3.90.